The van der Waals surface area contributed by atoms with Gasteiger partial charge in [-0.3, -0.25) is 0 Å². The monoisotopic (exact) mass is 272 g/mol. The summed E-state index contributed by atoms with van der Waals surface area (Å²) in [5.41, 5.74) is 2.09. The first kappa shape index (κ1) is 14.6. The molecule has 0 spiro atoms. The second-order valence-corrected chi connectivity index (χ2v) is 5.36. The molecule has 2 rings (SSSR count). The molecule has 0 saturated carbocycles. The topological polar surface area (TPSA) is 27.1 Å². The second-order valence-electron chi connectivity index (χ2n) is 5.36. The van der Waals surface area contributed by atoms with E-state index in [9.17, 15) is 0 Å². The summed E-state index contributed by atoms with van der Waals surface area (Å²) in [4.78, 5) is 0. The van der Waals surface area contributed by atoms with Gasteiger partial charge in [-0.25, -0.2) is 4.68 Å². The van der Waals surface area contributed by atoms with Crippen molar-refractivity contribution >= 4 is 0 Å². The van der Waals surface area contributed by atoms with E-state index in [1.807, 2.05) is 36.0 Å². The van der Waals surface area contributed by atoms with E-state index < -0.39 is 0 Å². The Hall–Kier alpha value is -1.77. The maximum atomic E-state index is 5.83. The molecule has 0 radical (unpaired) electrons. The molecule has 1 aromatic heterocycles. The number of rotatable bonds is 7. The van der Waals surface area contributed by atoms with Crippen LogP contribution in [0.4, 0.5) is 0 Å². The minimum atomic E-state index is 0.762. The van der Waals surface area contributed by atoms with Crippen molar-refractivity contribution in [3.8, 4) is 17.1 Å². The largest absolute Gasteiger partial charge is 0.478 e. The van der Waals surface area contributed by atoms with Crippen molar-refractivity contribution in [3.63, 3.8) is 0 Å². The molecule has 108 valence electrons. The number of ether oxygens (including phenoxy) is 1. The molecule has 0 aliphatic heterocycles. The first-order valence-electron chi connectivity index (χ1n) is 7.43. The molecule has 20 heavy (non-hydrogen) atoms. The van der Waals surface area contributed by atoms with Crippen molar-refractivity contribution in [3.05, 3.63) is 36.4 Å². The maximum Gasteiger partial charge on any atom is 0.212 e. The highest BCUT2D eigenvalue weighted by Crippen LogP contribution is 2.22. The molecule has 2 aromatic rings. The van der Waals surface area contributed by atoms with E-state index in [4.69, 9.17) is 4.74 Å². The van der Waals surface area contributed by atoms with E-state index in [1.54, 1.807) is 0 Å². The quantitative estimate of drug-likeness (QED) is 0.703. The molecule has 0 bridgehead atoms. The van der Waals surface area contributed by atoms with Gasteiger partial charge in [0.1, 0.15) is 0 Å². The van der Waals surface area contributed by atoms with Crippen LogP contribution in [0.1, 0.15) is 33.1 Å². The van der Waals surface area contributed by atoms with Gasteiger partial charge in [0.05, 0.1) is 12.3 Å². The fourth-order valence-corrected chi connectivity index (χ4v) is 2.15. The Bertz CT molecular complexity index is 519. The fourth-order valence-electron chi connectivity index (χ4n) is 2.15. The van der Waals surface area contributed by atoms with Gasteiger partial charge in [0.2, 0.25) is 5.88 Å². The highest BCUT2D eigenvalue weighted by atomic mass is 16.5. The summed E-state index contributed by atoms with van der Waals surface area (Å²) in [6.45, 7) is 5.29. The van der Waals surface area contributed by atoms with Crippen molar-refractivity contribution in [2.45, 2.75) is 33.1 Å². The van der Waals surface area contributed by atoms with Crippen LogP contribution >= 0.6 is 0 Å². The molecule has 0 N–H and O–H groups in total. The number of nitrogens with zero attached hydrogens (tertiary/aromatic N) is 2. The van der Waals surface area contributed by atoms with E-state index in [-0.39, 0.29) is 0 Å². The molecule has 1 atom stereocenters. The molecule has 1 aromatic carbocycles. The number of hydrogen-bond acceptors (Lipinski definition) is 2. The van der Waals surface area contributed by atoms with Crippen LogP contribution in [-0.4, -0.2) is 16.4 Å². The van der Waals surface area contributed by atoms with Crippen LogP contribution in [-0.2, 0) is 7.05 Å². The smallest absolute Gasteiger partial charge is 0.212 e. The van der Waals surface area contributed by atoms with Crippen LogP contribution in [0.25, 0.3) is 11.3 Å². The lowest BCUT2D eigenvalue weighted by atomic mass is 10.0. The average Bonchev–Trinajstić information content (AvgIpc) is 2.85. The molecular formula is C17H24N2O. The van der Waals surface area contributed by atoms with E-state index in [0.29, 0.717) is 0 Å². The zero-order valence-electron chi connectivity index (χ0n) is 12.7. The van der Waals surface area contributed by atoms with Gasteiger partial charge in [-0.05, 0) is 18.8 Å². The predicted molar refractivity (Wildman–Crippen MR) is 82.8 cm³/mol. The summed E-state index contributed by atoms with van der Waals surface area (Å²) >= 11 is 0. The van der Waals surface area contributed by atoms with Gasteiger partial charge in [0.25, 0.3) is 0 Å². The summed E-state index contributed by atoms with van der Waals surface area (Å²) in [6.07, 6.45) is 3.56. The first-order chi connectivity index (χ1) is 9.70. The zero-order valence-corrected chi connectivity index (χ0v) is 12.7. The minimum Gasteiger partial charge on any atom is -0.478 e. The molecule has 0 amide bonds. The summed E-state index contributed by atoms with van der Waals surface area (Å²) in [7, 11) is 1.93. The van der Waals surface area contributed by atoms with Gasteiger partial charge < -0.3 is 4.74 Å². The standard InChI is InChI=1S/C17H24N2O/c1-4-14(2)9-8-12-20-17-13-16(18-19(17)3)15-10-6-5-7-11-15/h5-7,10-11,13-14H,4,8-9,12H2,1-3H3. The highest BCUT2D eigenvalue weighted by Gasteiger charge is 2.08. The van der Waals surface area contributed by atoms with Crippen LogP contribution in [0.5, 0.6) is 5.88 Å². The Labute approximate surface area is 121 Å². The molecular weight excluding hydrogens is 248 g/mol. The molecule has 3 heteroatoms. The lowest BCUT2D eigenvalue weighted by molar-refractivity contribution is 0.271. The Morgan fingerprint density at radius 1 is 1.25 bits per heavy atom. The van der Waals surface area contributed by atoms with Gasteiger partial charge in [0, 0.05) is 18.7 Å². The SMILES string of the molecule is CCC(C)CCCOc1cc(-c2ccccc2)nn1C. The molecule has 0 aliphatic rings. The van der Waals surface area contributed by atoms with Crippen molar-refractivity contribution < 1.29 is 4.74 Å². The lowest BCUT2D eigenvalue weighted by Crippen LogP contribution is -2.04. The van der Waals surface area contributed by atoms with Gasteiger partial charge in [-0.15, -0.1) is 0 Å². The predicted octanol–water partition coefficient (Wildman–Crippen LogP) is 4.29. The highest BCUT2D eigenvalue weighted by molar-refractivity contribution is 5.59. The second kappa shape index (κ2) is 7.13. The Morgan fingerprint density at radius 3 is 2.70 bits per heavy atom. The average molecular weight is 272 g/mol. The summed E-state index contributed by atoms with van der Waals surface area (Å²) in [6, 6.07) is 12.2. The molecule has 3 nitrogen and oxygen atoms in total. The van der Waals surface area contributed by atoms with Gasteiger partial charge in [-0.2, -0.15) is 5.10 Å². The van der Waals surface area contributed by atoms with Crippen LogP contribution in [0.3, 0.4) is 0 Å². The van der Waals surface area contributed by atoms with E-state index >= 15 is 0 Å². The molecule has 0 fully saturated rings. The number of benzene rings is 1. The van der Waals surface area contributed by atoms with E-state index in [0.717, 1.165) is 36.1 Å². The third kappa shape index (κ3) is 3.86. The third-order valence-electron chi connectivity index (χ3n) is 3.69. The van der Waals surface area contributed by atoms with Crippen LogP contribution in [0.2, 0.25) is 0 Å². The summed E-state index contributed by atoms with van der Waals surface area (Å²) in [5, 5.41) is 4.50. The Kier molecular flexibility index (Phi) is 5.22. The van der Waals surface area contributed by atoms with Crippen LogP contribution in [0, 0.1) is 5.92 Å². The zero-order chi connectivity index (χ0) is 14.4. The fraction of sp³-hybridized carbons (Fsp3) is 0.471. The van der Waals surface area contributed by atoms with Crippen molar-refractivity contribution in [1.29, 1.82) is 0 Å². The molecule has 1 unspecified atom stereocenters. The summed E-state index contributed by atoms with van der Waals surface area (Å²) < 4.78 is 7.65. The van der Waals surface area contributed by atoms with E-state index in [1.165, 1.54) is 12.8 Å². The summed E-state index contributed by atoms with van der Waals surface area (Å²) in [5.74, 6) is 1.62. The Morgan fingerprint density at radius 2 is 2.00 bits per heavy atom. The van der Waals surface area contributed by atoms with Gasteiger partial charge in [0.15, 0.2) is 0 Å². The van der Waals surface area contributed by atoms with Crippen molar-refractivity contribution in [2.24, 2.45) is 13.0 Å². The number of hydrogen-bond donors (Lipinski definition) is 0. The molecule has 0 aliphatic carbocycles. The molecule has 0 saturated heterocycles. The maximum absolute atomic E-state index is 5.83. The van der Waals surface area contributed by atoms with Crippen LogP contribution in [0.15, 0.2) is 36.4 Å². The van der Waals surface area contributed by atoms with Gasteiger partial charge >= 0.3 is 0 Å². The van der Waals surface area contributed by atoms with Gasteiger partial charge in [-0.1, -0.05) is 50.6 Å². The van der Waals surface area contributed by atoms with E-state index in [2.05, 4.69) is 31.1 Å². The number of aryl methyl sites for hydroxylation is 1. The number of aromatic nitrogens is 2. The lowest BCUT2D eigenvalue weighted by Gasteiger charge is -2.09. The van der Waals surface area contributed by atoms with Crippen LogP contribution < -0.4 is 4.74 Å². The Balaban J connectivity index is 1.92. The van der Waals surface area contributed by atoms with Crippen molar-refractivity contribution in [2.75, 3.05) is 6.61 Å². The minimum absolute atomic E-state index is 0.762. The van der Waals surface area contributed by atoms with Crippen molar-refractivity contribution in [1.82, 2.24) is 9.78 Å². The molecule has 1 heterocycles. The normalized spacial score (nSPS) is 12.3. The third-order valence-corrected chi connectivity index (χ3v) is 3.69. The first-order valence-corrected chi connectivity index (χ1v) is 7.43.